The van der Waals surface area contributed by atoms with Crippen molar-refractivity contribution < 1.29 is 13.2 Å². The molecule has 1 N–H and O–H groups in total. The maximum atomic E-state index is 13.0. The summed E-state index contributed by atoms with van der Waals surface area (Å²) in [5.74, 6) is -0.120. The molecule has 27 heavy (non-hydrogen) atoms. The lowest BCUT2D eigenvalue weighted by Gasteiger charge is -2.33. The van der Waals surface area contributed by atoms with Crippen molar-refractivity contribution in [1.82, 2.24) is 18.9 Å². The summed E-state index contributed by atoms with van der Waals surface area (Å²) in [5, 5.41) is 10.7. The number of anilines is 1. The number of fused-ring (bicyclic) bond motifs is 1. The fourth-order valence-electron chi connectivity index (χ4n) is 3.30. The van der Waals surface area contributed by atoms with E-state index in [4.69, 9.17) is 0 Å². The molecule has 1 atom stereocenters. The van der Waals surface area contributed by atoms with Gasteiger partial charge in [-0.15, -0.1) is 10.2 Å². The van der Waals surface area contributed by atoms with Gasteiger partial charge >= 0.3 is 0 Å². The van der Waals surface area contributed by atoms with Gasteiger partial charge in [-0.1, -0.05) is 30.7 Å². The molecule has 3 heterocycles. The predicted octanol–water partition coefficient (Wildman–Crippen LogP) is 1.91. The molecule has 1 aliphatic rings. The lowest BCUT2D eigenvalue weighted by molar-refractivity contribution is -0.120. The van der Waals surface area contributed by atoms with Crippen LogP contribution in [0.4, 0.5) is 5.95 Å². The number of hydrogen-bond acceptors (Lipinski definition) is 5. The second kappa shape index (κ2) is 7.09. The first-order valence-corrected chi connectivity index (χ1v) is 10.2. The zero-order valence-electron chi connectivity index (χ0n) is 14.5. The molecule has 2 aromatic heterocycles. The first kappa shape index (κ1) is 17.6. The van der Waals surface area contributed by atoms with Crippen LogP contribution in [0.5, 0.6) is 0 Å². The number of benzene rings is 1. The highest BCUT2D eigenvalue weighted by atomic mass is 32.2. The van der Waals surface area contributed by atoms with E-state index in [2.05, 4.69) is 15.5 Å². The second-order valence-corrected chi connectivity index (χ2v) is 8.27. The number of nitrogens with one attached hydrogen (secondary N) is 1. The number of sulfonamides is 1. The molecule has 0 bridgehead atoms. The van der Waals surface area contributed by atoms with Crippen LogP contribution in [0.3, 0.4) is 0 Å². The minimum atomic E-state index is -3.75. The Balaban J connectivity index is 1.61. The largest absolute Gasteiger partial charge is 0.293 e. The van der Waals surface area contributed by atoms with Gasteiger partial charge in [0.25, 0.3) is 0 Å². The monoisotopic (exact) mass is 385 g/mol. The van der Waals surface area contributed by atoms with E-state index in [0.29, 0.717) is 18.6 Å². The Morgan fingerprint density at radius 1 is 1.04 bits per heavy atom. The molecular weight excluding hydrogens is 366 g/mol. The molecule has 1 aromatic carbocycles. The van der Waals surface area contributed by atoms with Crippen LogP contribution in [0.2, 0.25) is 0 Å². The lowest BCUT2D eigenvalue weighted by atomic mass is 10.0. The third-order valence-electron chi connectivity index (χ3n) is 4.65. The topological polar surface area (TPSA) is 96.7 Å². The number of nitrogens with zero attached hydrogens (tertiary/aromatic N) is 4. The van der Waals surface area contributed by atoms with Crippen molar-refractivity contribution in [2.24, 2.45) is 0 Å². The number of rotatable bonds is 4. The van der Waals surface area contributed by atoms with Crippen molar-refractivity contribution in [2.75, 3.05) is 11.9 Å². The third kappa shape index (κ3) is 3.31. The summed E-state index contributed by atoms with van der Waals surface area (Å²) in [6.07, 6.45) is 3.72. The molecule has 1 aliphatic heterocycles. The molecule has 3 aromatic rings. The van der Waals surface area contributed by atoms with Crippen LogP contribution in [0.25, 0.3) is 5.65 Å². The van der Waals surface area contributed by atoms with Crippen LogP contribution < -0.4 is 5.32 Å². The summed E-state index contributed by atoms with van der Waals surface area (Å²) in [6.45, 7) is 0.315. The summed E-state index contributed by atoms with van der Waals surface area (Å²) in [4.78, 5) is 13.1. The zero-order valence-corrected chi connectivity index (χ0v) is 15.3. The fraction of sp³-hybridized carbons (Fsp3) is 0.278. The minimum absolute atomic E-state index is 0.192. The van der Waals surface area contributed by atoms with Gasteiger partial charge in [-0.2, -0.15) is 4.31 Å². The summed E-state index contributed by atoms with van der Waals surface area (Å²) in [5.41, 5.74) is 0.602. The Hall–Kier alpha value is -2.78. The van der Waals surface area contributed by atoms with Crippen molar-refractivity contribution in [3.05, 3.63) is 54.7 Å². The van der Waals surface area contributed by atoms with Gasteiger partial charge < -0.3 is 0 Å². The highest BCUT2D eigenvalue weighted by molar-refractivity contribution is 7.89. The van der Waals surface area contributed by atoms with Gasteiger partial charge in [0.15, 0.2) is 5.65 Å². The number of aromatic nitrogens is 3. The van der Waals surface area contributed by atoms with Gasteiger partial charge in [0.05, 0.1) is 4.90 Å². The van der Waals surface area contributed by atoms with Gasteiger partial charge in [0.1, 0.15) is 6.04 Å². The van der Waals surface area contributed by atoms with Gasteiger partial charge in [-0.25, -0.2) is 8.42 Å². The van der Waals surface area contributed by atoms with Crippen molar-refractivity contribution in [2.45, 2.75) is 30.2 Å². The van der Waals surface area contributed by atoms with E-state index in [1.807, 2.05) is 6.07 Å². The Kier molecular flexibility index (Phi) is 4.63. The van der Waals surface area contributed by atoms with Crippen LogP contribution in [0, 0.1) is 0 Å². The van der Waals surface area contributed by atoms with Crippen LogP contribution in [-0.4, -0.2) is 45.8 Å². The highest BCUT2D eigenvalue weighted by Gasteiger charge is 2.37. The average Bonchev–Trinajstić information content (AvgIpc) is 3.11. The average molecular weight is 385 g/mol. The van der Waals surface area contributed by atoms with Crippen molar-refractivity contribution >= 4 is 27.5 Å². The SMILES string of the molecule is O=C(Nc1nnc2ccccn12)C1CCCCN1S(=O)(=O)c1ccccc1. The Labute approximate surface area is 156 Å². The zero-order chi connectivity index (χ0) is 18.9. The van der Waals surface area contributed by atoms with Gasteiger partial charge in [-0.3, -0.25) is 14.5 Å². The molecule has 1 amide bonds. The van der Waals surface area contributed by atoms with E-state index in [1.54, 1.807) is 53.1 Å². The fourth-order valence-corrected chi connectivity index (χ4v) is 4.98. The first-order chi connectivity index (χ1) is 13.1. The molecule has 9 heteroatoms. The Morgan fingerprint density at radius 2 is 1.81 bits per heavy atom. The highest BCUT2D eigenvalue weighted by Crippen LogP contribution is 2.26. The summed E-state index contributed by atoms with van der Waals surface area (Å²) in [7, 11) is -3.75. The van der Waals surface area contributed by atoms with Crippen LogP contribution in [0.15, 0.2) is 59.6 Å². The standard InChI is InChI=1S/C18H19N5O3S/c24-17(19-18-21-20-16-11-5-6-12-22(16)18)15-10-4-7-13-23(15)27(25,26)14-8-2-1-3-9-14/h1-3,5-6,8-9,11-12,15H,4,7,10,13H2,(H,19,21,24). The van der Waals surface area contributed by atoms with Crippen LogP contribution >= 0.6 is 0 Å². The summed E-state index contributed by atoms with van der Waals surface area (Å²) in [6, 6.07) is 12.8. The number of piperidine rings is 1. The van der Waals surface area contributed by atoms with Crippen molar-refractivity contribution in [3.63, 3.8) is 0 Å². The predicted molar refractivity (Wildman–Crippen MR) is 99.6 cm³/mol. The maximum absolute atomic E-state index is 13.0. The van der Waals surface area contributed by atoms with Crippen LogP contribution in [-0.2, 0) is 14.8 Å². The van der Waals surface area contributed by atoms with E-state index in [-0.39, 0.29) is 10.8 Å². The summed E-state index contributed by atoms with van der Waals surface area (Å²) < 4.78 is 29.0. The normalized spacial score (nSPS) is 18.4. The maximum Gasteiger partial charge on any atom is 0.245 e. The first-order valence-electron chi connectivity index (χ1n) is 8.75. The quantitative estimate of drug-likeness (QED) is 0.740. The molecular formula is C18H19N5O3S. The number of carbonyl (C=O) groups is 1. The second-order valence-electron chi connectivity index (χ2n) is 6.38. The van der Waals surface area contributed by atoms with E-state index >= 15 is 0 Å². The minimum Gasteiger partial charge on any atom is -0.293 e. The Morgan fingerprint density at radius 3 is 2.63 bits per heavy atom. The van der Waals surface area contributed by atoms with E-state index in [1.165, 1.54) is 4.31 Å². The smallest absolute Gasteiger partial charge is 0.245 e. The Bertz CT molecular complexity index is 1060. The van der Waals surface area contributed by atoms with E-state index < -0.39 is 22.0 Å². The number of amides is 1. The van der Waals surface area contributed by atoms with Crippen LogP contribution in [0.1, 0.15) is 19.3 Å². The van der Waals surface area contributed by atoms with Gasteiger partial charge in [-0.05, 0) is 37.1 Å². The molecule has 0 spiro atoms. The molecule has 4 rings (SSSR count). The molecule has 1 fully saturated rings. The molecule has 1 saturated heterocycles. The number of hydrogen-bond donors (Lipinski definition) is 1. The van der Waals surface area contributed by atoms with Crippen molar-refractivity contribution in [1.29, 1.82) is 0 Å². The van der Waals surface area contributed by atoms with Gasteiger partial charge in [0, 0.05) is 12.7 Å². The van der Waals surface area contributed by atoms with Crippen molar-refractivity contribution in [3.8, 4) is 0 Å². The van der Waals surface area contributed by atoms with E-state index in [9.17, 15) is 13.2 Å². The lowest BCUT2D eigenvalue weighted by Crippen LogP contribution is -2.50. The third-order valence-corrected chi connectivity index (χ3v) is 6.58. The number of pyridine rings is 1. The molecule has 0 aliphatic carbocycles. The molecule has 1 unspecified atom stereocenters. The number of carbonyl (C=O) groups excluding carboxylic acids is 1. The molecule has 0 saturated carbocycles. The molecule has 140 valence electrons. The molecule has 8 nitrogen and oxygen atoms in total. The summed E-state index contributed by atoms with van der Waals surface area (Å²) >= 11 is 0. The van der Waals surface area contributed by atoms with Gasteiger partial charge in [0.2, 0.25) is 21.9 Å². The molecule has 0 radical (unpaired) electrons. The van der Waals surface area contributed by atoms with E-state index in [0.717, 1.165) is 12.8 Å².